The van der Waals surface area contributed by atoms with Gasteiger partial charge in [-0.3, -0.25) is 10.8 Å². The van der Waals surface area contributed by atoms with Crippen molar-refractivity contribution < 1.29 is 0 Å². The summed E-state index contributed by atoms with van der Waals surface area (Å²) in [5, 5.41) is 19.6. The number of nitrogens with zero attached hydrogens (tertiary/aromatic N) is 3. The van der Waals surface area contributed by atoms with Gasteiger partial charge >= 0.3 is 0 Å². The van der Waals surface area contributed by atoms with Crippen LogP contribution in [0.3, 0.4) is 0 Å². The molecule has 0 aliphatic carbocycles. The highest BCUT2D eigenvalue weighted by atomic mass is 32.1. The quantitative estimate of drug-likeness (QED) is 0.221. The first-order valence-electron chi connectivity index (χ1n) is 10.5. The van der Waals surface area contributed by atoms with E-state index in [0.29, 0.717) is 11.7 Å². The van der Waals surface area contributed by atoms with Gasteiger partial charge in [0.25, 0.3) is 0 Å². The van der Waals surface area contributed by atoms with Crippen LogP contribution in [0.15, 0.2) is 54.7 Å². The normalized spacial score (nSPS) is 11.3. The van der Waals surface area contributed by atoms with Gasteiger partial charge in [-0.05, 0) is 24.3 Å². The predicted octanol–water partition coefficient (Wildman–Crippen LogP) is 5.21. The fourth-order valence-corrected chi connectivity index (χ4v) is 4.70. The standard InChI is InChI=1S/C25H25N7S/c1-31(2)23(26)16-7-5-14-9-20(29-18(14)11-16)22-13-28-25(33-22)21-10-15-6-8-17(12-19(15)30-21)24(27)32(3)4/h5-13,26-27,29-30H,1-4H3. The molecule has 0 aliphatic heterocycles. The summed E-state index contributed by atoms with van der Waals surface area (Å²) >= 11 is 1.63. The lowest BCUT2D eigenvalue weighted by Gasteiger charge is -2.13. The maximum Gasteiger partial charge on any atom is 0.140 e. The molecule has 3 aromatic heterocycles. The van der Waals surface area contributed by atoms with Gasteiger partial charge in [0.05, 0.1) is 16.3 Å². The molecule has 0 fully saturated rings. The third-order valence-corrected chi connectivity index (χ3v) is 6.75. The minimum absolute atomic E-state index is 0.479. The van der Waals surface area contributed by atoms with Crippen LogP contribution in [-0.2, 0) is 0 Å². The second-order valence-corrected chi connectivity index (χ2v) is 9.52. The van der Waals surface area contributed by atoms with Gasteiger partial charge in [-0.25, -0.2) is 4.98 Å². The fourth-order valence-electron chi connectivity index (χ4n) is 3.84. The van der Waals surface area contributed by atoms with Gasteiger partial charge < -0.3 is 19.8 Å². The van der Waals surface area contributed by atoms with Crippen molar-refractivity contribution in [3.63, 3.8) is 0 Å². The van der Waals surface area contributed by atoms with Gasteiger partial charge in [-0.1, -0.05) is 24.3 Å². The Kier molecular flexibility index (Phi) is 5.02. The van der Waals surface area contributed by atoms with Gasteiger partial charge in [-0.2, -0.15) is 0 Å². The highest BCUT2D eigenvalue weighted by Crippen LogP contribution is 2.34. The molecule has 4 N–H and O–H groups in total. The van der Waals surface area contributed by atoms with Gasteiger partial charge in [0.15, 0.2) is 0 Å². The molecule has 7 nitrogen and oxygen atoms in total. The maximum absolute atomic E-state index is 8.22. The highest BCUT2D eigenvalue weighted by molar-refractivity contribution is 7.18. The Labute approximate surface area is 195 Å². The van der Waals surface area contributed by atoms with Gasteiger partial charge in [0.1, 0.15) is 16.7 Å². The molecule has 0 atom stereocenters. The van der Waals surface area contributed by atoms with E-state index in [-0.39, 0.29) is 0 Å². The van der Waals surface area contributed by atoms with E-state index in [4.69, 9.17) is 10.8 Å². The van der Waals surface area contributed by atoms with E-state index in [0.717, 1.165) is 54.2 Å². The number of H-pyrrole nitrogens is 2. The van der Waals surface area contributed by atoms with Gasteiger partial charge in [-0.15, -0.1) is 11.3 Å². The lowest BCUT2D eigenvalue weighted by molar-refractivity contribution is 0.619. The van der Waals surface area contributed by atoms with E-state index in [9.17, 15) is 0 Å². The number of fused-ring (bicyclic) bond motifs is 2. The summed E-state index contributed by atoms with van der Waals surface area (Å²) in [6, 6.07) is 16.3. The van der Waals surface area contributed by atoms with Crippen molar-refractivity contribution in [2.24, 2.45) is 0 Å². The summed E-state index contributed by atoms with van der Waals surface area (Å²) in [5.41, 5.74) is 5.73. The number of nitrogens with one attached hydrogen (secondary N) is 4. The molecule has 2 aromatic carbocycles. The Morgan fingerprint density at radius 3 is 1.82 bits per heavy atom. The van der Waals surface area contributed by atoms with Crippen LogP contribution in [0.25, 0.3) is 43.1 Å². The summed E-state index contributed by atoms with van der Waals surface area (Å²) in [6.07, 6.45) is 1.89. The molecule has 5 aromatic rings. The third kappa shape index (κ3) is 3.78. The molecule has 33 heavy (non-hydrogen) atoms. The number of aromatic amines is 2. The highest BCUT2D eigenvalue weighted by Gasteiger charge is 2.13. The molecule has 0 amide bonds. The molecule has 3 heterocycles. The number of hydrogen-bond donors (Lipinski definition) is 4. The smallest absolute Gasteiger partial charge is 0.140 e. The van der Waals surface area contributed by atoms with E-state index >= 15 is 0 Å². The summed E-state index contributed by atoms with van der Waals surface area (Å²) in [5.74, 6) is 0.961. The molecule has 0 saturated carbocycles. The molecule has 0 bridgehead atoms. The van der Waals surface area contributed by atoms with Gasteiger partial charge in [0.2, 0.25) is 0 Å². The number of thiazole rings is 1. The van der Waals surface area contributed by atoms with Crippen LogP contribution in [0.5, 0.6) is 0 Å². The van der Waals surface area contributed by atoms with Crippen LogP contribution in [0, 0.1) is 10.8 Å². The van der Waals surface area contributed by atoms with Crippen molar-refractivity contribution in [2.45, 2.75) is 0 Å². The van der Waals surface area contributed by atoms with Crippen LogP contribution < -0.4 is 0 Å². The molecule has 0 aliphatic rings. The zero-order valence-electron chi connectivity index (χ0n) is 18.9. The first-order chi connectivity index (χ1) is 15.8. The van der Waals surface area contributed by atoms with Crippen LogP contribution in [0.2, 0.25) is 0 Å². The van der Waals surface area contributed by atoms with Gasteiger partial charge in [0, 0.05) is 67.3 Å². The topological polar surface area (TPSA) is 98.7 Å². The second-order valence-electron chi connectivity index (χ2n) is 8.49. The summed E-state index contributed by atoms with van der Waals surface area (Å²) < 4.78 is 0. The monoisotopic (exact) mass is 455 g/mol. The third-order valence-electron chi connectivity index (χ3n) is 5.69. The number of rotatable bonds is 4. The molecule has 166 valence electrons. The minimum atomic E-state index is 0.479. The largest absolute Gasteiger partial charge is 0.363 e. The summed E-state index contributed by atoms with van der Waals surface area (Å²) in [6.45, 7) is 0. The van der Waals surface area contributed by atoms with Crippen LogP contribution in [-0.4, -0.2) is 64.6 Å². The second kappa shape index (κ2) is 7.90. The summed E-state index contributed by atoms with van der Waals surface area (Å²) in [4.78, 5) is 16.3. The molecule has 0 spiro atoms. The van der Waals surface area contributed by atoms with Crippen molar-refractivity contribution in [2.75, 3.05) is 28.2 Å². The van der Waals surface area contributed by atoms with E-state index in [1.54, 1.807) is 21.1 Å². The Balaban J connectivity index is 1.46. The first kappa shape index (κ1) is 21.0. The lowest BCUT2D eigenvalue weighted by atomic mass is 10.1. The summed E-state index contributed by atoms with van der Waals surface area (Å²) in [7, 11) is 7.51. The number of aromatic nitrogens is 3. The molecule has 8 heteroatoms. The Morgan fingerprint density at radius 2 is 1.27 bits per heavy atom. The van der Waals surface area contributed by atoms with Crippen molar-refractivity contribution in [3.8, 4) is 21.3 Å². The zero-order chi connectivity index (χ0) is 23.3. The van der Waals surface area contributed by atoms with E-state index in [1.165, 1.54) is 0 Å². The van der Waals surface area contributed by atoms with E-state index in [1.807, 2.05) is 70.8 Å². The van der Waals surface area contributed by atoms with E-state index in [2.05, 4.69) is 27.1 Å². The first-order valence-corrected chi connectivity index (χ1v) is 11.4. The van der Waals surface area contributed by atoms with Crippen LogP contribution in [0.4, 0.5) is 0 Å². The van der Waals surface area contributed by atoms with Crippen LogP contribution >= 0.6 is 11.3 Å². The number of hydrogen-bond acceptors (Lipinski definition) is 4. The lowest BCUT2D eigenvalue weighted by Crippen LogP contribution is -2.21. The molecular weight excluding hydrogens is 430 g/mol. The number of benzene rings is 2. The SMILES string of the molecule is CN(C)C(=N)c1ccc2cc(-c3cnc(-c4cc5ccc(C(=N)N(C)C)cc5[nH]4)s3)[nH]c2c1. The Morgan fingerprint density at radius 1 is 0.758 bits per heavy atom. The molecule has 0 saturated heterocycles. The van der Waals surface area contributed by atoms with Crippen LogP contribution in [0.1, 0.15) is 11.1 Å². The maximum atomic E-state index is 8.22. The minimum Gasteiger partial charge on any atom is -0.363 e. The predicted molar refractivity (Wildman–Crippen MR) is 138 cm³/mol. The van der Waals surface area contributed by atoms with Crippen molar-refractivity contribution in [1.82, 2.24) is 24.8 Å². The van der Waals surface area contributed by atoms with E-state index < -0.39 is 0 Å². The molecule has 0 radical (unpaired) electrons. The average molecular weight is 456 g/mol. The Hall–Kier alpha value is -3.91. The zero-order valence-corrected chi connectivity index (χ0v) is 19.8. The fraction of sp³-hybridized carbons (Fsp3) is 0.160. The molecule has 0 unspecified atom stereocenters. The van der Waals surface area contributed by atoms with Crippen molar-refractivity contribution in [3.05, 3.63) is 65.9 Å². The average Bonchev–Trinajstić information content (AvgIpc) is 3.53. The van der Waals surface area contributed by atoms with Crippen molar-refractivity contribution >= 4 is 44.8 Å². The molecule has 5 rings (SSSR count). The Bertz CT molecular complexity index is 1400. The molecular formula is C25H25N7S. The number of amidine groups is 2. The van der Waals surface area contributed by atoms with Crippen molar-refractivity contribution in [1.29, 1.82) is 10.8 Å².